The molecule has 0 aliphatic heterocycles. The highest BCUT2D eigenvalue weighted by molar-refractivity contribution is 5.78. The highest BCUT2D eigenvalue weighted by Gasteiger charge is 2.12. The third kappa shape index (κ3) is 5.51. The van der Waals surface area contributed by atoms with E-state index in [0.29, 0.717) is 5.75 Å². The van der Waals surface area contributed by atoms with Crippen LogP contribution in [0.4, 0.5) is 0 Å². The van der Waals surface area contributed by atoms with Gasteiger partial charge in [-0.1, -0.05) is 30.3 Å². The summed E-state index contributed by atoms with van der Waals surface area (Å²) in [6.45, 7) is 5.30. The highest BCUT2D eigenvalue weighted by Crippen LogP contribution is 2.22. The lowest BCUT2D eigenvalue weighted by Crippen LogP contribution is -2.31. The molecule has 0 aliphatic rings. The molecule has 1 amide bonds. The average molecular weight is 357 g/mol. The van der Waals surface area contributed by atoms with Crippen LogP contribution in [0.15, 0.2) is 42.5 Å². The number of carbonyl (C=O) groups is 2. The zero-order valence-electron chi connectivity index (χ0n) is 15.1. The van der Waals surface area contributed by atoms with Crippen LogP contribution in [0.5, 0.6) is 11.5 Å². The number of nitrogens with one attached hydrogen (secondary N) is 1. The second kappa shape index (κ2) is 8.89. The maximum atomic E-state index is 12.1. The van der Waals surface area contributed by atoms with Crippen LogP contribution in [0.25, 0.3) is 0 Å². The molecule has 2 N–H and O–H groups in total. The van der Waals surface area contributed by atoms with Crippen LogP contribution in [0.2, 0.25) is 0 Å². The molecule has 6 heteroatoms. The zero-order valence-corrected chi connectivity index (χ0v) is 15.1. The van der Waals surface area contributed by atoms with Gasteiger partial charge in [-0.2, -0.15) is 0 Å². The van der Waals surface area contributed by atoms with Crippen LogP contribution in [-0.2, 0) is 9.59 Å². The molecule has 0 saturated heterocycles. The molecule has 2 rings (SSSR count). The predicted molar refractivity (Wildman–Crippen MR) is 97.5 cm³/mol. The van der Waals surface area contributed by atoms with E-state index in [0.717, 1.165) is 22.4 Å². The number of benzene rings is 2. The lowest BCUT2D eigenvalue weighted by molar-refractivity contribution is -0.139. The van der Waals surface area contributed by atoms with Crippen LogP contribution in [0.3, 0.4) is 0 Å². The van der Waals surface area contributed by atoms with Crippen LogP contribution < -0.4 is 14.8 Å². The Kier molecular flexibility index (Phi) is 6.60. The minimum Gasteiger partial charge on any atom is -0.483 e. The monoisotopic (exact) mass is 357 g/mol. The molecular formula is C20H23NO5. The Morgan fingerprint density at radius 2 is 1.62 bits per heavy atom. The third-order valence-electron chi connectivity index (χ3n) is 3.88. The number of carboxylic acid groups (broad SMARTS) is 1. The van der Waals surface area contributed by atoms with E-state index in [2.05, 4.69) is 5.32 Å². The van der Waals surface area contributed by atoms with Gasteiger partial charge in [0.1, 0.15) is 11.5 Å². The van der Waals surface area contributed by atoms with Crippen molar-refractivity contribution in [2.24, 2.45) is 0 Å². The molecule has 138 valence electrons. The molecule has 1 unspecified atom stereocenters. The molecule has 0 spiro atoms. The molecular weight excluding hydrogens is 334 g/mol. The van der Waals surface area contributed by atoms with Crippen molar-refractivity contribution in [2.45, 2.75) is 26.8 Å². The molecule has 0 radical (unpaired) electrons. The molecule has 2 aromatic rings. The van der Waals surface area contributed by atoms with Gasteiger partial charge in [-0.25, -0.2) is 4.79 Å². The maximum Gasteiger partial charge on any atom is 0.341 e. The van der Waals surface area contributed by atoms with E-state index in [1.165, 1.54) is 0 Å². The molecule has 0 saturated carbocycles. The molecule has 0 heterocycles. The molecule has 1 atom stereocenters. The van der Waals surface area contributed by atoms with Crippen LogP contribution >= 0.6 is 0 Å². The van der Waals surface area contributed by atoms with Gasteiger partial charge < -0.3 is 19.9 Å². The number of amides is 1. The van der Waals surface area contributed by atoms with Gasteiger partial charge >= 0.3 is 5.97 Å². The lowest BCUT2D eigenvalue weighted by Gasteiger charge is -2.16. The minimum absolute atomic E-state index is 0.0597. The summed E-state index contributed by atoms with van der Waals surface area (Å²) in [6.07, 6.45) is 0. The van der Waals surface area contributed by atoms with Gasteiger partial charge in [0, 0.05) is 0 Å². The van der Waals surface area contributed by atoms with Gasteiger partial charge in [0.05, 0.1) is 6.04 Å². The van der Waals surface area contributed by atoms with E-state index >= 15 is 0 Å². The van der Waals surface area contributed by atoms with Gasteiger partial charge in [-0.3, -0.25) is 4.79 Å². The van der Waals surface area contributed by atoms with Crippen molar-refractivity contribution in [3.63, 3.8) is 0 Å². The van der Waals surface area contributed by atoms with E-state index in [9.17, 15) is 9.59 Å². The molecule has 26 heavy (non-hydrogen) atoms. The Morgan fingerprint density at radius 3 is 2.19 bits per heavy atom. The standard InChI is InChI=1S/C20H23NO5/c1-13-5-4-6-14(2)20(13)26-11-18(22)21-15(3)16-7-9-17(10-8-16)25-12-19(23)24/h4-10,15H,11-12H2,1-3H3,(H,21,22)(H,23,24). The van der Waals surface area contributed by atoms with Crippen molar-refractivity contribution in [1.29, 1.82) is 0 Å². The normalized spacial score (nSPS) is 11.5. The predicted octanol–water partition coefficient (Wildman–Crippen LogP) is 3.02. The summed E-state index contributed by atoms with van der Waals surface area (Å²) in [5.74, 6) is -0.0479. The molecule has 0 bridgehead atoms. The summed E-state index contributed by atoms with van der Waals surface area (Å²) in [5, 5.41) is 11.5. The number of para-hydroxylation sites is 1. The Bertz CT molecular complexity index is 750. The van der Waals surface area contributed by atoms with Crippen molar-refractivity contribution in [2.75, 3.05) is 13.2 Å². The van der Waals surface area contributed by atoms with Crippen molar-refractivity contribution < 1.29 is 24.2 Å². The van der Waals surface area contributed by atoms with Gasteiger partial charge in [0.2, 0.25) is 0 Å². The third-order valence-corrected chi connectivity index (χ3v) is 3.88. The Balaban J connectivity index is 1.87. The van der Waals surface area contributed by atoms with Crippen molar-refractivity contribution in [3.05, 3.63) is 59.2 Å². The fraction of sp³-hybridized carbons (Fsp3) is 0.300. The summed E-state index contributed by atoms with van der Waals surface area (Å²) in [6, 6.07) is 12.5. The number of rotatable bonds is 8. The number of aliphatic carboxylic acids is 1. The van der Waals surface area contributed by atoms with Crippen molar-refractivity contribution >= 4 is 11.9 Å². The summed E-state index contributed by atoms with van der Waals surface area (Å²) in [5.41, 5.74) is 2.86. The Hall–Kier alpha value is -3.02. The van der Waals surface area contributed by atoms with Crippen LogP contribution in [-0.4, -0.2) is 30.2 Å². The smallest absolute Gasteiger partial charge is 0.341 e. The summed E-state index contributed by atoms with van der Waals surface area (Å²) < 4.78 is 10.7. The largest absolute Gasteiger partial charge is 0.483 e. The quantitative estimate of drug-likeness (QED) is 0.759. The molecule has 0 aromatic heterocycles. The van der Waals surface area contributed by atoms with Gasteiger partial charge in [0.15, 0.2) is 13.2 Å². The molecule has 6 nitrogen and oxygen atoms in total. The second-order valence-electron chi connectivity index (χ2n) is 6.05. The Labute approximate surface area is 152 Å². The van der Waals surface area contributed by atoms with Gasteiger partial charge in [-0.15, -0.1) is 0 Å². The number of hydrogen-bond donors (Lipinski definition) is 2. The summed E-state index contributed by atoms with van der Waals surface area (Å²) >= 11 is 0. The number of aryl methyl sites for hydroxylation is 2. The number of hydrogen-bond acceptors (Lipinski definition) is 4. The van der Waals surface area contributed by atoms with E-state index in [1.54, 1.807) is 24.3 Å². The first-order valence-electron chi connectivity index (χ1n) is 8.29. The second-order valence-corrected chi connectivity index (χ2v) is 6.05. The SMILES string of the molecule is Cc1cccc(C)c1OCC(=O)NC(C)c1ccc(OCC(=O)O)cc1. The van der Waals surface area contributed by atoms with E-state index in [-0.39, 0.29) is 25.2 Å². The summed E-state index contributed by atoms with van der Waals surface area (Å²) in [4.78, 5) is 22.6. The fourth-order valence-electron chi connectivity index (χ4n) is 2.53. The first-order valence-corrected chi connectivity index (χ1v) is 8.29. The number of ether oxygens (including phenoxy) is 2. The van der Waals surface area contributed by atoms with Crippen LogP contribution in [0, 0.1) is 13.8 Å². The number of carboxylic acids is 1. The van der Waals surface area contributed by atoms with Gasteiger partial charge in [0.25, 0.3) is 5.91 Å². The topological polar surface area (TPSA) is 84.9 Å². The van der Waals surface area contributed by atoms with E-state index in [1.807, 2.05) is 39.0 Å². The molecule has 0 fully saturated rings. The van der Waals surface area contributed by atoms with E-state index < -0.39 is 5.97 Å². The molecule has 2 aromatic carbocycles. The zero-order chi connectivity index (χ0) is 19.1. The summed E-state index contributed by atoms with van der Waals surface area (Å²) in [7, 11) is 0. The van der Waals surface area contributed by atoms with Gasteiger partial charge in [-0.05, 0) is 49.6 Å². The maximum absolute atomic E-state index is 12.1. The molecule has 0 aliphatic carbocycles. The van der Waals surface area contributed by atoms with E-state index in [4.69, 9.17) is 14.6 Å². The first kappa shape index (κ1) is 19.3. The average Bonchev–Trinajstić information content (AvgIpc) is 2.60. The minimum atomic E-state index is -1.03. The van der Waals surface area contributed by atoms with Crippen LogP contribution in [0.1, 0.15) is 29.7 Å². The number of carbonyl (C=O) groups excluding carboxylic acids is 1. The van der Waals surface area contributed by atoms with Crippen molar-refractivity contribution in [1.82, 2.24) is 5.32 Å². The highest BCUT2D eigenvalue weighted by atomic mass is 16.5. The lowest BCUT2D eigenvalue weighted by atomic mass is 10.1. The first-order chi connectivity index (χ1) is 12.4. The Morgan fingerprint density at radius 1 is 1.00 bits per heavy atom. The van der Waals surface area contributed by atoms with Crippen molar-refractivity contribution in [3.8, 4) is 11.5 Å². The fourth-order valence-corrected chi connectivity index (χ4v) is 2.53.